The predicted molar refractivity (Wildman–Crippen MR) is 61.9 cm³/mol. The number of carbonyl (C=O) groups excluding carboxylic acids is 1. The van der Waals surface area contributed by atoms with E-state index in [0.29, 0.717) is 0 Å². The molecule has 0 saturated heterocycles. The van der Waals surface area contributed by atoms with Gasteiger partial charge in [-0.1, -0.05) is 0 Å². The lowest BCUT2D eigenvalue weighted by Crippen LogP contribution is -2.09. The Kier molecular flexibility index (Phi) is 5.36. The Morgan fingerprint density at radius 1 is 1.28 bits per heavy atom. The molecule has 0 spiro atoms. The van der Waals surface area contributed by atoms with Gasteiger partial charge in [0.05, 0.1) is 18.4 Å². The van der Waals surface area contributed by atoms with Crippen molar-refractivity contribution in [1.82, 2.24) is 0 Å². The van der Waals surface area contributed by atoms with Gasteiger partial charge in [-0.15, -0.1) is 0 Å². The standard InChI is InChI=1S/C11H12F2O4S/c1-17-11(14)10-3-9(6-18(15)16)7(4-12)2-8(10)5-13/h2-3H,4-6H2,1H3,(H,15,16). The van der Waals surface area contributed by atoms with Gasteiger partial charge in [0.2, 0.25) is 0 Å². The quantitative estimate of drug-likeness (QED) is 0.662. The first-order valence-corrected chi connectivity index (χ1v) is 6.23. The Morgan fingerprint density at radius 2 is 1.89 bits per heavy atom. The zero-order chi connectivity index (χ0) is 13.7. The minimum Gasteiger partial charge on any atom is -0.465 e. The number of halogens is 2. The van der Waals surface area contributed by atoms with E-state index in [1.54, 1.807) is 0 Å². The lowest BCUT2D eigenvalue weighted by Gasteiger charge is -2.11. The Bertz CT molecular complexity index is 476. The number of ether oxygens (including phenoxy) is 1. The van der Waals surface area contributed by atoms with Gasteiger partial charge >= 0.3 is 5.97 Å². The number of methoxy groups -OCH3 is 1. The molecule has 1 rings (SSSR count). The van der Waals surface area contributed by atoms with Crippen molar-refractivity contribution in [3.63, 3.8) is 0 Å². The molecule has 0 radical (unpaired) electrons. The molecular weight excluding hydrogens is 266 g/mol. The van der Waals surface area contributed by atoms with Gasteiger partial charge in [-0.2, -0.15) is 0 Å². The second kappa shape index (κ2) is 6.55. The molecule has 1 N–H and O–H groups in total. The fraction of sp³-hybridized carbons (Fsp3) is 0.364. The first-order valence-electron chi connectivity index (χ1n) is 4.95. The van der Waals surface area contributed by atoms with Crippen LogP contribution < -0.4 is 0 Å². The van der Waals surface area contributed by atoms with Gasteiger partial charge in [0.15, 0.2) is 11.1 Å². The van der Waals surface area contributed by atoms with E-state index in [2.05, 4.69) is 4.74 Å². The summed E-state index contributed by atoms with van der Waals surface area (Å²) in [6, 6.07) is 2.37. The third kappa shape index (κ3) is 3.33. The highest BCUT2D eigenvalue weighted by Gasteiger charge is 2.17. The highest BCUT2D eigenvalue weighted by molar-refractivity contribution is 7.78. The molecule has 1 atom stereocenters. The van der Waals surface area contributed by atoms with Gasteiger partial charge in [0.25, 0.3) is 0 Å². The normalized spacial score (nSPS) is 12.2. The molecule has 18 heavy (non-hydrogen) atoms. The average molecular weight is 278 g/mol. The third-order valence-corrected chi connectivity index (χ3v) is 2.96. The van der Waals surface area contributed by atoms with Crippen LogP contribution in [-0.2, 0) is 34.9 Å². The molecule has 0 saturated carbocycles. The molecule has 0 aliphatic heterocycles. The molecule has 7 heteroatoms. The lowest BCUT2D eigenvalue weighted by molar-refractivity contribution is 0.0598. The van der Waals surface area contributed by atoms with Crippen LogP contribution in [-0.4, -0.2) is 21.8 Å². The van der Waals surface area contributed by atoms with Gasteiger partial charge < -0.3 is 9.29 Å². The summed E-state index contributed by atoms with van der Waals surface area (Å²) < 4.78 is 49.5. The second-order valence-electron chi connectivity index (χ2n) is 3.50. The molecule has 1 aromatic rings. The Hall–Kier alpha value is -1.34. The van der Waals surface area contributed by atoms with Gasteiger partial charge in [-0.3, -0.25) is 0 Å². The Balaban J connectivity index is 3.33. The predicted octanol–water partition coefficient (Wildman–Crippen LogP) is 2.13. The van der Waals surface area contributed by atoms with Gasteiger partial charge in [0, 0.05) is 0 Å². The summed E-state index contributed by atoms with van der Waals surface area (Å²) in [5, 5.41) is 0. The van der Waals surface area contributed by atoms with Crippen LogP contribution in [0, 0.1) is 0 Å². The number of hydrogen-bond donors (Lipinski definition) is 1. The average Bonchev–Trinajstić information content (AvgIpc) is 2.36. The van der Waals surface area contributed by atoms with Crippen LogP contribution in [0.3, 0.4) is 0 Å². The fourth-order valence-corrected chi connectivity index (χ4v) is 2.08. The molecule has 0 bridgehead atoms. The SMILES string of the molecule is COC(=O)c1cc(CS(=O)O)c(CF)cc1CF. The fourth-order valence-electron chi connectivity index (χ4n) is 1.54. The Labute approximate surface area is 105 Å². The largest absolute Gasteiger partial charge is 0.465 e. The van der Waals surface area contributed by atoms with Crippen molar-refractivity contribution in [2.45, 2.75) is 19.1 Å². The number of alkyl halides is 2. The van der Waals surface area contributed by atoms with E-state index in [1.165, 1.54) is 12.1 Å². The van der Waals surface area contributed by atoms with Crippen molar-refractivity contribution in [2.75, 3.05) is 7.11 Å². The van der Waals surface area contributed by atoms with Crippen LogP contribution in [0.2, 0.25) is 0 Å². The number of rotatable bonds is 5. The Morgan fingerprint density at radius 3 is 2.33 bits per heavy atom. The molecule has 0 aromatic heterocycles. The van der Waals surface area contributed by atoms with E-state index in [4.69, 9.17) is 4.55 Å². The van der Waals surface area contributed by atoms with E-state index in [9.17, 15) is 17.8 Å². The number of esters is 1. The summed E-state index contributed by atoms with van der Waals surface area (Å²) in [6.07, 6.45) is 0. The zero-order valence-corrected chi connectivity index (χ0v) is 10.4. The second-order valence-corrected chi connectivity index (χ2v) is 4.43. The molecule has 0 amide bonds. The van der Waals surface area contributed by atoms with Crippen molar-refractivity contribution < 1.29 is 27.1 Å². The van der Waals surface area contributed by atoms with E-state index in [1.807, 2.05) is 0 Å². The monoisotopic (exact) mass is 278 g/mol. The molecule has 0 fully saturated rings. The van der Waals surface area contributed by atoms with Crippen LogP contribution in [0.15, 0.2) is 12.1 Å². The van der Waals surface area contributed by atoms with Gasteiger partial charge in [0.1, 0.15) is 13.3 Å². The van der Waals surface area contributed by atoms with Crippen molar-refractivity contribution in [2.24, 2.45) is 0 Å². The van der Waals surface area contributed by atoms with Crippen LogP contribution in [0.1, 0.15) is 27.0 Å². The summed E-state index contributed by atoms with van der Waals surface area (Å²) in [7, 11) is 1.14. The molecule has 4 nitrogen and oxygen atoms in total. The molecule has 0 aliphatic carbocycles. The molecule has 1 aromatic carbocycles. The van der Waals surface area contributed by atoms with Crippen molar-refractivity contribution in [3.05, 3.63) is 34.4 Å². The van der Waals surface area contributed by atoms with E-state index < -0.39 is 30.4 Å². The number of carbonyl (C=O) groups is 1. The summed E-state index contributed by atoms with van der Waals surface area (Å²) >= 11 is -2.17. The molecule has 1 unspecified atom stereocenters. The lowest BCUT2D eigenvalue weighted by atomic mass is 10.00. The first-order chi connectivity index (χ1) is 8.53. The number of hydrogen-bond acceptors (Lipinski definition) is 3. The van der Waals surface area contributed by atoms with E-state index in [0.717, 1.165) is 7.11 Å². The van der Waals surface area contributed by atoms with Gasteiger partial charge in [-0.25, -0.2) is 17.8 Å². The summed E-state index contributed by atoms with van der Waals surface area (Å²) in [5.41, 5.74) is 0.230. The maximum atomic E-state index is 12.8. The first kappa shape index (κ1) is 14.7. The maximum Gasteiger partial charge on any atom is 0.338 e. The van der Waals surface area contributed by atoms with E-state index >= 15 is 0 Å². The van der Waals surface area contributed by atoms with Gasteiger partial charge in [-0.05, 0) is 28.8 Å². The summed E-state index contributed by atoms with van der Waals surface area (Å²) in [4.78, 5) is 11.4. The molecular formula is C11H12F2O4S. The maximum absolute atomic E-state index is 12.8. The number of benzene rings is 1. The highest BCUT2D eigenvalue weighted by atomic mass is 32.2. The minimum atomic E-state index is -2.17. The van der Waals surface area contributed by atoms with E-state index in [-0.39, 0.29) is 28.0 Å². The molecule has 0 aliphatic rings. The van der Waals surface area contributed by atoms with Crippen LogP contribution in [0.5, 0.6) is 0 Å². The van der Waals surface area contributed by atoms with Crippen molar-refractivity contribution in [1.29, 1.82) is 0 Å². The zero-order valence-electron chi connectivity index (χ0n) is 9.61. The van der Waals surface area contributed by atoms with Crippen LogP contribution in [0.25, 0.3) is 0 Å². The smallest absolute Gasteiger partial charge is 0.338 e. The summed E-state index contributed by atoms with van der Waals surface area (Å²) in [6.45, 7) is -1.85. The topological polar surface area (TPSA) is 63.6 Å². The summed E-state index contributed by atoms with van der Waals surface area (Å²) in [5.74, 6) is -1.09. The highest BCUT2D eigenvalue weighted by Crippen LogP contribution is 2.21. The van der Waals surface area contributed by atoms with Crippen LogP contribution >= 0.6 is 0 Å². The van der Waals surface area contributed by atoms with Crippen molar-refractivity contribution >= 4 is 17.0 Å². The molecule has 0 heterocycles. The molecule has 100 valence electrons. The van der Waals surface area contributed by atoms with Crippen molar-refractivity contribution in [3.8, 4) is 0 Å². The van der Waals surface area contributed by atoms with Crippen LogP contribution in [0.4, 0.5) is 8.78 Å². The minimum absolute atomic E-state index is 0.00183. The third-order valence-electron chi connectivity index (χ3n) is 2.40.